The smallest absolute Gasteiger partial charge is 0.187 e. The lowest BCUT2D eigenvalue weighted by molar-refractivity contribution is -0.361. The molecule has 0 aliphatic carbocycles. The molecule has 16 nitrogen and oxygen atoms in total. The lowest BCUT2D eigenvalue weighted by atomic mass is 9.97. The van der Waals surface area contributed by atoms with E-state index in [-0.39, 0.29) is 0 Å². The Morgan fingerprint density at radius 3 is 1.53 bits per heavy atom. The predicted octanol–water partition coefficient (Wildman–Crippen LogP) is -7.57. The molecule has 0 aromatic rings. The van der Waals surface area contributed by atoms with Gasteiger partial charge in [-0.25, -0.2) is 0 Å². The van der Waals surface area contributed by atoms with Crippen molar-refractivity contribution in [3.8, 4) is 0 Å². The molecule has 0 saturated carbocycles. The van der Waals surface area contributed by atoms with Crippen molar-refractivity contribution >= 4 is 0 Å². The van der Waals surface area contributed by atoms with Crippen LogP contribution in [0.1, 0.15) is 0 Å². The highest BCUT2D eigenvalue weighted by atomic mass is 16.7. The first-order chi connectivity index (χ1) is 16.0. The van der Waals surface area contributed by atoms with E-state index in [4.69, 9.17) is 23.7 Å². The molecule has 0 radical (unpaired) electrons. The molecule has 34 heavy (non-hydrogen) atoms. The van der Waals surface area contributed by atoms with E-state index < -0.39 is 112 Å². The maximum absolute atomic E-state index is 10.6. The maximum Gasteiger partial charge on any atom is 0.187 e. The zero-order valence-corrected chi connectivity index (χ0v) is 17.7. The van der Waals surface area contributed by atoms with Gasteiger partial charge in [0.1, 0.15) is 73.2 Å². The Morgan fingerprint density at radius 2 is 1.00 bits per heavy atom. The minimum absolute atomic E-state index is 0.609. The van der Waals surface area contributed by atoms with Crippen LogP contribution in [0.15, 0.2) is 0 Å². The molecule has 11 N–H and O–H groups in total. The molecule has 15 atom stereocenters. The Morgan fingerprint density at radius 1 is 0.500 bits per heavy atom. The van der Waals surface area contributed by atoms with Crippen LogP contribution in [0, 0.1) is 0 Å². The van der Waals surface area contributed by atoms with E-state index in [9.17, 15) is 56.2 Å². The van der Waals surface area contributed by atoms with Crippen molar-refractivity contribution in [2.75, 3.05) is 19.8 Å². The second-order valence-corrected chi connectivity index (χ2v) is 8.37. The molecule has 3 heterocycles. The van der Waals surface area contributed by atoms with E-state index in [0.717, 1.165) is 0 Å². The van der Waals surface area contributed by atoms with Gasteiger partial charge < -0.3 is 79.9 Å². The van der Waals surface area contributed by atoms with Gasteiger partial charge in [-0.05, 0) is 0 Å². The van der Waals surface area contributed by atoms with Gasteiger partial charge in [0.25, 0.3) is 0 Å². The molecule has 3 aliphatic heterocycles. The molecule has 3 aliphatic rings. The Kier molecular flexibility index (Phi) is 9.54. The van der Waals surface area contributed by atoms with Crippen LogP contribution in [0.4, 0.5) is 0 Å². The molecule has 200 valence electrons. The lowest BCUT2D eigenvalue weighted by Crippen LogP contribution is -2.65. The predicted molar refractivity (Wildman–Crippen MR) is 101 cm³/mol. The molecule has 3 rings (SSSR count). The van der Waals surface area contributed by atoms with Crippen LogP contribution < -0.4 is 0 Å². The highest BCUT2D eigenvalue weighted by molar-refractivity contribution is 4.94. The van der Waals surface area contributed by atoms with Gasteiger partial charge in [-0.1, -0.05) is 0 Å². The summed E-state index contributed by atoms with van der Waals surface area (Å²) in [7, 11) is 0. The summed E-state index contributed by atoms with van der Waals surface area (Å²) in [5.74, 6) is 0. The van der Waals surface area contributed by atoms with Gasteiger partial charge in [0.15, 0.2) is 18.9 Å². The summed E-state index contributed by atoms with van der Waals surface area (Å²) < 4.78 is 26.1. The number of rotatable bonds is 7. The number of aliphatic hydroxyl groups excluding tert-OH is 11. The van der Waals surface area contributed by atoms with Crippen LogP contribution in [-0.4, -0.2) is 168 Å². The Hall–Kier alpha value is -0.640. The van der Waals surface area contributed by atoms with E-state index in [1.165, 1.54) is 0 Å². The van der Waals surface area contributed by atoms with Crippen LogP contribution in [0.2, 0.25) is 0 Å². The summed E-state index contributed by atoms with van der Waals surface area (Å²) in [6, 6.07) is 0. The van der Waals surface area contributed by atoms with Crippen LogP contribution in [0.3, 0.4) is 0 Å². The number of ether oxygens (including phenoxy) is 5. The topological polar surface area (TPSA) is 269 Å². The quantitative estimate of drug-likeness (QED) is 0.154. The Labute approximate surface area is 192 Å². The third-order valence-corrected chi connectivity index (χ3v) is 6.07. The normalized spacial score (nSPS) is 52.5. The average molecular weight is 504 g/mol. The number of aliphatic hydroxyl groups is 11. The molecular weight excluding hydrogens is 472 g/mol. The fraction of sp³-hybridized carbons (Fsp3) is 1.00. The van der Waals surface area contributed by atoms with Gasteiger partial charge in [-0.15, -0.1) is 0 Å². The Balaban J connectivity index is 1.65. The van der Waals surface area contributed by atoms with Crippen LogP contribution >= 0.6 is 0 Å². The molecule has 0 aromatic heterocycles. The molecule has 0 aromatic carbocycles. The fourth-order valence-electron chi connectivity index (χ4n) is 3.94. The fourth-order valence-corrected chi connectivity index (χ4v) is 3.94. The van der Waals surface area contributed by atoms with E-state index in [0.29, 0.717) is 0 Å². The van der Waals surface area contributed by atoms with Crippen molar-refractivity contribution in [1.29, 1.82) is 0 Å². The van der Waals surface area contributed by atoms with Crippen molar-refractivity contribution in [3.63, 3.8) is 0 Å². The first kappa shape index (κ1) is 27.9. The largest absolute Gasteiger partial charge is 0.394 e. The second kappa shape index (κ2) is 11.6. The van der Waals surface area contributed by atoms with Gasteiger partial charge in [0.05, 0.1) is 19.8 Å². The van der Waals surface area contributed by atoms with Crippen molar-refractivity contribution in [1.82, 2.24) is 0 Å². The summed E-state index contributed by atoms with van der Waals surface area (Å²) in [5.41, 5.74) is 0. The monoisotopic (exact) mass is 504 g/mol. The van der Waals surface area contributed by atoms with Crippen LogP contribution in [0.5, 0.6) is 0 Å². The minimum Gasteiger partial charge on any atom is -0.394 e. The molecule has 16 heteroatoms. The van der Waals surface area contributed by atoms with Crippen molar-refractivity contribution in [2.24, 2.45) is 0 Å². The van der Waals surface area contributed by atoms with Crippen molar-refractivity contribution < 1.29 is 79.9 Å². The van der Waals surface area contributed by atoms with E-state index >= 15 is 0 Å². The summed E-state index contributed by atoms with van der Waals surface area (Å²) in [6.45, 7) is -2.06. The third kappa shape index (κ3) is 5.52. The highest BCUT2D eigenvalue weighted by Crippen LogP contribution is 2.29. The van der Waals surface area contributed by atoms with Crippen molar-refractivity contribution in [3.05, 3.63) is 0 Å². The molecule has 3 fully saturated rings. The summed E-state index contributed by atoms with van der Waals surface area (Å²) in [6.07, 6.45) is -24.9. The van der Waals surface area contributed by atoms with Gasteiger partial charge in [-0.3, -0.25) is 0 Å². The molecule has 3 saturated heterocycles. The molecule has 0 spiro atoms. The summed E-state index contributed by atoms with van der Waals surface area (Å²) in [4.78, 5) is 0. The second-order valence-electron chi connectivity index (χ2n) is 8.37. The molecular formula is C18H32O16. The summed E-state index contributed by atoms with van der Waals surface area (Å²) >= 11 is 0. The first-order valence-electron chi connectivity index (χ1n) is 10.6. The standard InChI is InChI=1S/C18H32O16/c19-1-4-7(21)10(24)12(26)17(32-4)30-3-6-9(23)15(14(28)16(29)31-6)34-18-13(27)11(25)8(22)5(2-20)33-18/h4-29H,1-3H2/t4-,5-,6-,7+,8+,9-,10+,11+,12-,13-,14-,15+,16?,17-,18+/m1/s1. The lowest BCUT2D eigenvalue weighted by Gasteiger charge is -2.45. The van der Waals surface area contributed by atoms with E-state index in [1.807, 2.05) is 0 Å². The average Bonchev–Trinajstić information content (AvgIpc) is 2.82. The minimum atomic E-state index is -1.93. The molecule has 0 amide bonds. The van der Waals surface area contributed by atoms with Gasteiger partial charge in [-0.2, -0.15) is 0 Å². The molecule has 1 unspecified atom stereocenters. The Bertz CT molecular complexity index is 637. The van der Waals surface area contributed by atoms with Gasteiger partial charge in [0, 0.05) is 0 Å². The molecule has 0 bridgehead atoms. The SMILES string of the molecule is OC[C@H]1O[C@@H](OC[C@H]2OC(O)[C@H](O)[C@@H](O[C@@H]3O[C@H](CO)[C@H](O)[C@H](O)[C@H]3O)[C@@H]2O)[C@H](O)[C@@H](O)[C@H]1O. The number of hydrogen-bond acceptors (Lipinski definition) is 16. The summed E-state index contributed by atoms with van der Waals surface area (Å²) in [5, 5.41) is 109. The zero-order valence-electron chi connectivity index (χ0n) is 17.7. The van der Waals surface area contributed by atoms with E-state index in [2.05, 4.69) is 0 Å². The van der Waals surface area contributed by atoms with Gasteiger partial charge in [0.2, 0.25) is 0 Å². The van der Waals surface area contributed by atoms with E-state index in [1.54, 1.807) is 0 Å². The first-order valence-corrected chi connectivity index (χ1v) is 10.6. The van der Waals surface area contributed by atoms with Crippen LogP contribution in [-0.2, 0) is 23.7 Å². The maximum atomic E-state index is 10.6. The van der Waals surface area contributed by atoms with Gasteiger partial charge >= 0.3 is 0 Å². The van der Waals surface area contributed by atoms with Crippen molar-refractivity contribution in [2.45, 2.75) is 92.1 Å². The third-order valence-electron chi connectivity index (χ3n) is 6.07. The van der Waals surface area contributed by atoms with Crippen LogP contribution in [0.25, 0.3) is 0 Å². The number of hydrogen-bond donors (Lipinski definition) is 11. The zero-order chi connectivity index (χ0) is 25.3. The highest BCUT2D eigenvalue weighted by Gasteiger charge is 2.51.